The Morgan fingerprint density at radius 1 is 1.03 bits per heavy atom. The predicted molar refractivity (Wildman–Crippen MR) is 130 cm³/mol. The molecular formula is C23H25ClN4OS2. The van der Waals surface area contributed by atoms with Gasteiger partial charge in [0.1, 0.15) is 5.75 Å². The van der Waals surface area contributed by atoms with Crippen LogP contribution in [-0.2, 0) is 13.0 Å². The summed E-state index contributed by atoms with van der Waals surface area (Å²) in [4.78, 5) is 6.31. The first-order valence-corrected chi connectivity index (χ1v) is 11.4. The van der Waals surface area contributed by atoms with Gasteiger partial charge in [0.05, 0.1) is 0 Å². The van der Waals surface area contributed by atoms with E-state index >= 15 is 0 Å². The molecule has 0 atom stereocenters. The number of aromatic nitrogens is 3. The second-order valence-corrected chi connectivity index (χ2v) is 9.44. The summed E-state index contributed by atoms with van der Waals surface area (Å²) in [5.74, 6) is 1.50. The van der Waals surface area contributed by atoms with Gasteiger partial charge < -0.3 is 9.30 Å². The summed E-state index contributed by atoms with van der Waals surface area (Å²) in [5, 5.41) is 8.58. The van der Waals surface area contributed by atoms with Crippen molar-refractivity contribution in [3.63, 3.8) is 0 Å². The number of hydrogen-bond acceptors (Lipinski definition) is 6. The third kappa shape index (κ3) is 5.42. The van der Waals surface area contributed by atoms with E-state index in [1.54, 1.807) is 0 Å². The van der Waals surface area contributed by atoms with E-state index in [2.05, 4.69) is 54.4 Å². The van der Waals surface area contributed by atoms with E-state index in [0.717, 1.165) is 29.8 Å². The van der Waals surface area contributed by atoms with Crippen LogP contribution in [0.25, 0.3) is 11.4 Å². The zero-order valence-corrected chi connectivity index (χ0v) is 20.4. The van der Waals surface area contributed by atoms with Gasteiger partial charge in [-0.15, -0.1) is 23.7 Å². The smallest absolute Gasteiger partial charge is 0.299 e. The van der Waals surface area contributed by atoms with Crippen LogP contribution in [-0.4, -0.2) is 13.9 Å². The Morgan fingerprint density at radius 3 is 2.45 bits per heavy atom. The fourth-order valence-corrected chi connectivity index (χ4v) is 4.63. The highest BCUT2D eigenvalue weighted by Gasteiger charge is 2.12. The van der Waals surface area contributed by atoms with Gasteiger partial charge >= 0.3 is 0 Å². The molecule has 2 heterocycles. The van der Waals surface area contributed by atoms with E-state index in [-0.39, 0.29) is 12.4 Å². The molecule has 0 radical (unpaired) electrons. The number of hydrogen-bond donors (Lipinski definition) is 1. The summed E-state index contributed by atoms with van der Waals surface area (Å²) in [5.41, 5.74) is 5.72. The van der Waals surface area contributed by atoms with Crippen molar-refractivity contribution in [1.82, 2.24) is 13.9 Å². The van der Waals surface area contributed by atoms with Crippen LogP contribution in [0.1, 0.15) is 27.1 Å². The van der Waals surface area contributed by atoms with Crippen LogP contribution in [0.3, 0.4) is 0 Å². The third-order valence-corrected chi connectivity index (χ3v) is 6.48. The highest BCUT2D eigenvalue weighted by atomic mass is 35.5. The van der Waals surface area contributed by atoms with Crippen molar-refractivity contribution < 1.29 is 4.74 Å². The molecule has 4 rings (SSSR count). The Kier molecular flexibility index (Phi) is 7.30. The lowest BCUT2D eigenvalue weighted by Gasteiger charge is -2.12. The molecule has 0 aliphatic rings. The average molecular weight is 473 g/mol. The Labute approximate surface area is 196 Å². The number of thiazole rings is 1. The van der Waals surface area contributed by atoms with Crippen molar-refractivity contribution in [2.24, 2.45) is 0 Å². The van der Waals surface area contributed by atoms with Gasteiger partial charge in [0.2, 0.25) is 0 Å². The lowest BCUT2D eigenvalue weighted by atomic mass is 10.0. The largest absolute Gasteiger partial charge is 0.430 e. The Bertz CT molecular complexity index is 1240. The lowest BCUT2D eigenvalue weighted by molar-refractivity contribution is 0.475. The molecule has 2 aromatic heterocycles. The molecule has 1 N–H and O–H groups in total. The molecule has 8 heteroatoms. The molecule has 0 spiro atoms. The van der Waals surface area contributed by atoms with Gasteiger partial charge in [-0.1, -0.05) is 35.9 Å². The van der Waals surface area contributed by atoms with Gasteiger partial charge in [-0.3, -0.25) is 5.41 Å². The number of benzene rings is 2. The van der Waals surface area contributed by atoms with Crippen molar-refractivity contribution in [3.05, 3.63) is 74.5 Å². The van der Waals surface area contributed by atoms with E-state index in [4.69, 9.17) is 10.1 Å². The molecule has 0 saturated heterocycles. The maximum Gasteiger partial charge on any atom is 0.299 e. The number of halogens is 1. The topological polar surface area (TPSA) is 63.8 Å². The van der Waals surface area contributed by atoms with Crippen LogP contribution in [0.2, 0.25) is 0 Å². The first kappa shape index (κ1) is 23.2. The molecule has 0 saturated carbocycles. The first-order chi connectivity index (χ1) is 14.4. The van der Waals surface area contributed by atoms with Crippen molar-refractivity contribution >= 4 is 35.3 Å². The van der Waals surface area contributed by atoms with Crippen LogP contribution in [0.15, 0.2) is 42.6 Å². The van der Waals surface area contributed by atoms with Gasteiger partial charge in [0.25, 0.3) is 5.19 Å². The normalized spacial score (nSPS) is 10.7. The van der Waals surface area contributed by atoms with Crippen LogP contribution in [0.4, 0.5) is 0 Å². The number of nitrogens with zero attached hydrogens (tertiary/aromatic N) is 3. The molecule has 0 bridgehead atoms. The van der Waals surface area contributed by atoms with E-state index in [1.165, 1.54) is 44.4 Å². The molecular weight excluding hydrogens is 448 g/mol. The molecule has 4 aromatic rings. The van der Waals surface area contributed by atoms with Gasteiger partial charge in [-0.05, 0) is 56.9 Å². The molecule has 0 fully saturated rings. The highest BCUT2D eigenvalue weighted by Crippen LogP contribution is 2.31. The minimum atomic E-state index is 0. The minimum Gasteiger partial charge on any atom is -0.430 e. The van der Waals surface area contributed by atoms with Crippen LogP contribution in [0.5, 0.6) is 10.9 Å². The van der Waals surface area contributed by atoms with Gasteiger partial charge in [0.15, 0.2) is 10.6 Å². The molecule has 0 unspecified atom stereocenters. The molecule has 31 heavy (non-hydrogen) atoms. The zero-order chi connectivity index (χ0) is 21.3. The van der Waals surface area contributed by atoms with E-state index in [1.807, 2.05) is 29.8 Å². The second-order valence-electron chi connectivity index (χ2n) is 7.49. The first-order valence-electron chi connectivity index (χ1n) is 9.79. The maximum absolute atomic E-state index is 8.04. The Balaban J connectivity index is 0.00000272. The standard InChI is InChI=1S/C23H24N4OS2.ClH/c1-14-5-7-18(8-6-14)21-25-23(30-26-21)28-20-12-15(2)19(11-16(20)3)9-10-27-13-17(4)29-22(27)24;/h5-8,11-13,24H,9-10H2,1-4H3;1H. The van der Waals surface area contributed by atoms with Crippen molar-refractivity contribution in [2.45, 2.75) is 40.7 Å². The molecule has 162 valence electrons. The Morgan fingerprint density at radius 2 is 1.77 bits per heavy atom. The van der Waals surface area contributed by atoms with Gasteiger partial charge in [-0.25, -0.2) is 0 Å². The van der Waals surface area contributed by atoms with Crippen LogP contribution in [0, 0.1) is 33.1 Å². The fraction of sp³-hybridized carbons (Fsp3) is 0.261. The third-order valence-electron chi connectivity index (χ3n) is 5.03. The van der Waals surface area contributed by atoms with Crippen molar-refractivity contribution in [3.8, 4) is 22.3 Å². The summed E-state index contributed by atoms with van der Waals surface area (Å²) in [6, 6.07) is 12.4. The number of aryl methyl sites for hydroxylation is 6. The monoisotopic (exact) mass is 472 g/mol. The minimum absolute atomic E-state index is 0. The summed E-state index contributed by atoms with van der Waals surface area (Å²) in [6.07, 6.45) is 2.93. The van der Waals surface area contributed by atoms with Crippen molar-refractivity contribution in [1.29, 1.82) is 5.41 Å². The van der Waals surface area contributed by atoms with Gasteiger partial charge in [-0.2, -0.15) is 9.36 Å². The Hall–Kier alpha value is -2.48. The maximum atomic E-state index is 8.04. The van der Waals surface area contributed by atoms with E-state index in [9.17, 15) is 0 Å². The second kappa shape index (κ2) is 9.77. The molecule has 5 nitrogen and oxygen atoms in total. The van der Waals surface area contributed by atoms with Gasteiger partial charge in [0, 0.05) is 34.7 Å². The summed E-state index contributed by atoms with van der Waals surface area (Å²) < 4.78 is 12.5. The number of nitrogens with one attached hydrogen (secondary N) is 1. The molecule has 0 aliphatic heterocycles. The summed E-state index contributed by atoms with van der Waals surface area (Å²) in [6.45, 7) is 9.06. The summed E-state index contributed by atoms with van der Waals surface area (Å²) >= 11 is 2.78. The van der Waals surface area contributed by atoms with Crippen LogP contribution >= 0.6 is 35.3 Å². The van der Waals surface area contributed by atoms with E-state index in [0.29, 0.717) is 15.8 Å². The molecule has 0 aliphatic carbocycles. The SMILES string of the molecule is Cc1ccc(-c2nsc(Oc3cc(C)c(CCn4cc(C)sc4=N)cc3C)n2)cc1.Cl. The lowest BCUT2D eigenvalue weighted by Crippen LogP contribution is -2.14. The summed E-state index contributed by atoms with van der Waals surface area (Å²) in [7, 11) is 0. The molecule has 0 amide bonds. The molecule has 2 aromatic carbocycles. The van der Waals surface area contributed by atoms with Crippen LogP contribution < -0.4 is 9.54 Å². The average Bonchev–Trinajstić information content (AvgIpc) is 3.29. The van der Waals surface area contributed by atoms with Crippen molar-refractivity contribution in [2.75, 3.05) is 0 Å². The quantitative estimate of drug-likeness (QED) is 0.361. The fourth-order valence-electron chi connectivity index (χ4n) is 3.32. The van der Waals surface area contributed by atoms with E-state index < -0.39 is 0 Å². The highest BCUT2D eigenvalue weighted by molar-refractivity contribution is 7.09. The predicted octanol–water partition coefficient (Wildman–Crippen LogP) is 6.24. The number of rotatable bonds is 6. The zero-order valence-electron chi connectivity index (χ0n) is 17.9. The number of ether oxygens (including phenoxy) is 1.